The zero-order valence-electron chi connectivity index (χ0n) is 19.4. The Bertz CT molecular complexity index is 1230. The zero-order chi connectivity index (χ0) is 25.2. The predicted molar refractivity (Wildman–Crippen MR) is 133 cm³/mol. The van der Waals surface area contributed by atoms with Gasteiger partial charge in [0.25, 0.3) is 10.0 Å². The lowest BCUT2D eigenvalue weighted by molar-refractivity contribution is -0.152. The van der Waals surface area contributed by atoms with E-state index in [1.54, 1.807) is 36.1 Å². The molecule has 9 nitrogen and oxygen atoms in total. The number of likely N-dealkylation sites (tertiary alicyclic amines) is 2. The van der Waals surface area contributed by atoms with E-state index in [4.69, 9.17) is 16.3 Å². The lowest BCUT2D eigenvalue weighted by Gasteiger charge is -2.36. The first kappa shape index (κ1) is 25.9. The minimum absolute atomic E-state index is 0.106. The summed E-state index contributed by atoms with van der Waals surface area (Å²) in [7, 11) is -3.93. The maximum absolute atomic E-state index is 13.1. The summed E-state index contributed by atoms with van der Waals surface area (Å²) in [6.07, 6.45) is 2.28. The molecule has 1 unspecified atom stereocenters. The summed E-state index contributed by atoms with van der Waals surface area (Å²) in [5.74, 6) is -1.34. The van der Waals surface area contributed by atoms with Crippen molar-refractivity contribution in [1.29, 1.82) is 0 Å². The third-order valence-corrected chi connectivity index (χ3v) is 9.55. The number of ether oxygens (including phenoxy) is 1. The highest BCUT2D eigenvalue weighted by molar-refractivity contribution is 7.91. The van der Waals surface area contributed by atoms with Gasteiger partial charge in [0.05, 0.1) is 19.1 Å². The molecular formula is C23H28ClN3O6S2. The third-order valence-electron chi connectivity index (χ3n) is 6.27. The molecular weight excluding hydrogens is 514 g/mol. The van der Waals surface area contributed by atoms with Gasteiger partial charge >= 0.3 is 5.97 Å². The molecule has 190 valence electrons. The van der Waals surface area contributed by atoms with Crippen LogP contribution in [0.5, 0.6) is 0 Å². The van der Waals surface area contributed by atoms with Crippen molar-refractivity contribution in [2.24, 2.45) is 5.92 Å². The number of thiophene rings is 1. The Balaban J connectivity index is 1.39. The molecule has 0 radical (unpaired) electrons. The number of hydrogen-bond acceptors (Lipinski definition) is 7. The van der Waals surface area contributed by atoms with Crippen molar-refractivity contribution in [2.45, 2.75) is 42.9 Å². The van der Waals surface area contributed by atoms with Crippen LogP contribution < -0.4 is 4.72 Å². The van der Waals surface area contributed by atoms with Gasteiger partial charge < -0.3 is 14.5 Å². The molecule has 2 aliphatic heterocycles. The molecule has 2 aliphatic rings. The first-order chi connectivity index (χ1) is 16.7. The Morgan fingerprint density at radius 1 is 1.20 bits per heavy atom. The molecule has 0 spiro atoms. The van der Waals surface area contributed by atoms with Gasteiger partial charge in [-0.2, -0.15) is 4.72 Å². The van der Waals surface area contributed by atoms with Gasteiger partial charge in [-0.1, -0.05) is 17.7 Å². The summed E-state index contributed by atoms with van der Waals surface area (Å²) in [5, 5.41) is 1.27. The maximum atomic E-state index is 13.1. The minimum Gasteiger partial charge on any atom is -0.466 e. The van der Waals surface area contributed by atoms with Gasteiger partial charge in [0.15, 0.2) is 0 Å². The Hall–Kier alpha value is -2.21. The SMILES string of the molecule is CCOC(=O)C1CCCN(C(=O)CN2CCC[C@H](NS(=O)(=O)c3cc4ccc(Cl)cc4s3)C2=O)C1. The lowest BCUT2D eigenvalue weighted by Crippen LogP contribution is -2.55. The number of rotatable bonds is 7. The number of carbonyl (C=O) groups excluding carboxylic acids is 3. The van der Waals surface area contributed by atoms with Crippen LogP contribution in [0.4, 0.5) is 0 Å². The second kappa shape index (κ2) is 10.8. The van der Waals surface area contributed by atoms with Crippen LogP contribution in [0.15, 0.2) is 28.5 Å². The van der Waals surface area contributed by atoms with E-state index in [2.05, 4.69) is 4.72 Å². The molecule has 3 heterocycles. The topological polar surface area (TPSA) is 113 Å². The minimum atomic E-state index is -3.93. The van der Waals surface area contributed by atoms with Crippen molar-refractivity contribution >= 4 is 60.8 Å². The summed E-state index contributed by atoms with van der Waals surface area (Å²) in [5.41, 5.74) is 0. The largest absolute Gasteiger partial charge is 0.466 e. The first-order valence-electron chi connectivity index (χ1n) is 11.6. The second-order valence-electron chi connectivity index (χ2n) is 8.75. The molecule has 2 amide bonds. The van der Waals surface area contributed by atoms with Crippen LogP contribution in [0.2, 0.25) is 5.02 Å². The number of sulfonamides is 1. The number of benzene rings is 1. The van der Waals surface area contributed by atoms with Crippen molar-refractivity contribution in [3.8, 4) is 0 Å². The Morgan fingerprint density at radius 2 is 1.97 bits per heavy atom. The number of amides is 2. The van der Waals surface area contributed by atoms with Crippen molar-refractivity contribution in [3.63, 3.8) is 0 Å². The summed E-state index contributed by atoms with van der Waals surface area (Å²) < 4.78 is 34.5. The van der Waals surface area contributed by atoms with Crippen LogP contribution in [-0.2, 0) is 29.1 Å². The molecule has 0 aliphatic carbocycles. The number of carbonyl (C=O) groups is 3. The highest BCUT2D eigenvalue weighted by Crippen LogP contribution is 2.31. The molecule has 2 atom stereocenters. The molecule has 4 rings (SSSR count). The van der Waals surface area contributed by atoms with E-state index in [9.17, 15) is 22.8 Å². The van der Waals surface area contributed by atoms with E-state index >= 15 is 0 Å². The fourth-order valence-electron chi connectivity index (χ4n) is 4.48. The van der Waals surface area contributed by atoms with Crippen LogP contribution in [0, 0.1) is 5.92 Å². The van der Waals surface area contributed by atoms with E-state index in [1.807, 2.05) is 0 Å². The van der Waals surface area contributed by atoms with Gasteiger partial charge in [-0.05, 0) is 56.2 Å². The second-order valence-corrected chi connectivity index (χ2v) is 12.2. The standard InChI is InChI=1S/C23H28ClN3O6S2/c1-2-33-23(30)16-5-3-9-26(13-16)20(28)14-27-10-4-6-18(22(27)29)25-35(31,32)21-11-15-7-8-17(24)12-19(15)34-21/h7-8,11-12,16,18,25H,2-6,9-10,13-14H2,1H3/t16?,18-/m0/s1. The van der Waals surface area contributed by atoms with Gasteiger partial charge in [-0.25, -0.2) is 8.42 Å². The van der Waals surface area contributed by atoms with Gasteiger partial charge in [-0.15, -0.1) is 11.3 Å². The fraction of sp³-hybridized carbons (Fsp3) is 0.522. The molecule has 1 N–H and O–H groups in total. The molecule has 12 heteroatoms. The van der Waals surface area contributed by atoms with Crippen LogP contribution in [0.3, 0.4) is 0 Å². The van der Waals surface area contributed by atoms with E-state index in [-0.39, 0.29) is 41.7 Å². The molecule has 1 aromatic heterocycles. The number of halogens is 1. The summed E-state index contributed by atoms with van der Waals surface area (Å²) >= 11 is 7.09. The van der Waals surface area contributed by atoms with Gasteiger partial charge in [0.2, 0.25) is 11.8 Å². The number of piperidine rings is 2. The van der Waals surface area contributed by atoms with Crippen molar-refractivity contribution in [3.05, 3.63) is 29.3 Å². The van der Waals surface area contributed by atoms with Crippen LogP contribution in [0.25, 0.3) is 10.1 Å². The zero-order valence-corrected chi connectivity index (χ0v) is 21.8. The molecule has 2 saturated heterocycles. The van der Waals surface area contributed by atoms with E-state index < -0.39 is 22.0 Å². The third kappa shape index (κ3) is 5.96. The van der Waals surface area contributed by atoms with E-state index in [1.165, 1.54) is 4.90 Å². The van der Waals surface area contributed by atoms with Crippen LogP contribution >= 0.6 is 22.9 Å². The smallest absolute Gasteiger partial charge is 0.310 e. The quantitative estimate of drug-likeness (QED) is 0.539. The Labute approximate surface area is 213 Å². The fourth-order valence-corrected chi connectivity index (χ4v) is 7.40. The van der Waals surface area contributed by atoms with Crippen molar-refractivity contribution < 1.29 is 27.5 Å². The number of fused-ring (bicyclic) bond motifs is 1. The molecule has 1 aromatic carbocycles. The summed E-state index contributed by atoms with van der Waals surface area (Å²) in [6.45, 7) is 3.05. The first-order valence-corrected chi connectivity index (χ1v) is 14.3. The Morgan fingerprint density at radius 3 is 2.74 bits per heavy atom. The number of nitrogens with one attached hydrogen (secondary N) is 1. The number of nitrogens with zero attached hydrogens (tertiary/aromatic N) is 2. The van der Waals surface area contributed by atoms with E-state index in [0.717, 1.165) is 21.4 Å². The van der Waals surface area contributed by atoms with Crippen LogP contribution in [0.1, 0.15) is 32.6 Å². The molecule has 0 saturated carbocycles. The Kier molecular flexibility index (Phi) is 7.99. The lowest BCUT2D eigenvalue weighted by atomic mass is 9.98. The van der Waals surface area contributed by atoms with Gasteiger partial charge in [-0.3, -0.25) is 14.4 Å². The molecule has 35 heavy (non-hydrogen) atoms. The highest BCUT2D eigenvalue weighted by atomic mass is 35.5. The number of hydrogen-bond donors (Lipinski definition) is 1. The van der Waals surface area contributed by atoms with Crippen molar-refractivity contribution in [1.82, 2.24) is 14.5 Å². The normalized spacial score (nSPS) is 21.4. The van der Waals surface area contributed by atoms with E-state index in [0.29, 0.717) is 43.8 Å². The van der Waals surface area contributed by atoms with Gasteiger partial charge in [0.1, 0.15) is 10.3 Å². The van der Waals surface area contributed by atoms with Crippen LogP contribution in [-0.4, -0.2) is 74.8 Å². The molecule has 2 fully saturated rings. The molecule has 2 aromatic rings. The van der Waals surface area contributed by atoms with Crippen molar-refractivity contribution in [2.75, 3.05) is 32.8 Å². The van der Waals surface area contributed by atoms with Gasteiger partial charge in [0, 0.05) is 29.4 Å². The predicted octanol–water partition coefficient (Wildman–Crippen LogP) is 2.63. The highest BCUT2D eigenvalue weighted by Gasteiger charge is 2.36. The number of esters is 1. The summed E-state index contributed by atoms with van der Waals surface area (Å²) in [6, 6.07) is 5.76. The summed E-state index contributed by atoms with van der Waals surface area (Å²) in [4.78, 5) is 41.0. The average molecular weight is 542 g/mol. The monoisotopic (exact) mass is 541 g/mol. The molecule has 0 bridgehead atoms. The maximum Gasteiger partial charge on any atom is 0.310 e. The average Bonchev–Trinajstić information content (AvgIpc) is 3.26.